The lowest BCUT2D eigenvalue weighted by Crippen LogP contribution is -2.47. The van der Waals surface area contributed by atoms with E-state index in [-0.39, 0.29) is 17.7 Å². The van der Waals surface area contributed by atoms with E-state index in [0.717, 1.165) is 17.8 Å². The highest BCUT2D eigenvalue weighted by Crippen LogP contribution is 2.21. The standard InChI is InChI=1S/C21H29N5O2/c1-23(2)12-13-25-16-18(8-9-20(25)27)21(28)24(3)15-17-6-4-7-19(14-17)26-11-5-10-22-26/h4-7,10-11,14,18H,8-9,12-13,15-16H2,1-3H3. The van der Waals surface area contributed by atoms with E-state index in [1.54, 1.807) is 15.8 Å². The molecule has 1 unspecified atom stereocenters. The van der Waals surface area contributed by atoms with E-state index in [9.17, 15) is 9.59 Å². The van der Waals surface area contributed by atoms with Gasteiger partial charge in [-0.15, -0.1) is 0 Å². The van der Waals surface area contributed by atoms with E-state index in [4.69, 9.17) is 0 Å². The third kappa shape index (κ3) is 4.98. The molecule has 0 saturated carbocycles. The van der Waals surface area contributed by atoms with Crippen molar-refractivity contribution in [2.24, 2.45) is 5.92 Å². The van der Waals surface area contributed by atoms with Crippen LogP contribution < -0.4 is 0 Å². The summed E-state index contributed by atoms with van der Waals surface area (Å²) in [4.78, 5) is 30.8. The maximum atomic E-state index is 13.0. The summed E-state index contributed by atoms with van der Waals surface area (Å²) in [6, 6.07) is 9.92. The fourth-order valence-electron chi connectivity index (χ4n) is 3.54. The van der Waals surface area contributed by atoms with Gasteiger partial charge in [0.2, 0.25) is 11.8 Å². The third-order valence-corrected chi connectivity index (χ3v) is 5.14. The van der Waals surface area contributed by atoms with Crippen molar-refractivity contribution in [1.82, 2.24) is 24.5 Å². The molecule has 1 aromatic heterocycles. The molecule has 1 fully saturated rings. The fourth-order valence-corrected chi connectivity index (χ4v) is 3.54. The lowest BCUT2D eigenvalue weighted by molar-refractivity contribution is -0.142. The van der Waals surface area contributed by atoms with E-state index in [1.807, 2.05) is 62.6 Å². The minimum Gasteiger partial charge on any atom is -0.341 e. The van der Waals surface area contributed by atoms with Gasteiger partial charge in [0.25, 0.3) is 0 Å². The number of carbonyl (C=O) groups excluding carboxylic acids is 2. The molecule has 1 atom stereocenters. The smallest absolute Gasteiger partial charge is 0.227 e. The molecule has 0 N–H and O–H groups in total. The number of piperidine rings is 1. The Balaban J connectivity index is 1.61. The van der Waals surface area contributed by atoms with Crippen molar-refractivity contribution >= 4 is 11.8 Å². The number of nitrogens with zero attached hydrogens (tertiary/aromatic N) is 5. The fraction of sp³-hybridized carbons (Fsp3) is 0.476. The van der Waals surface area contributed by atoms with Gasteiger partial charge in [-0.3, -0.25) is 9.59 Å². The second-order valence-corrected chi connectivity index (χ2v) is 7.69. The number of aromatic nitrogens is 2. The van der Waals surface area contributed by atoms with Crippen LogP contribution in [0.25, 0.3) is 5.69 Å². The molecule has 1 aliphatic rings. The molecule has 2 aromatic rings. The lowest BCUT2D eigenvalue weighted by atomic mass is 9.96. The summed E-state index contributed by atoms with van der Waals surface area (Å²) < 4.78 is 1.81. The molecule has 28 heavy (non-hydrogen) atoms. The zero-order valence-electron chi connectivity index (χ0n) is 16.9. The number of amides is 2. The molecule has 2 heterocycles. The molecule has 2 amide bonds. The van der Waals surface area contributed by atoms with Crippen molar-refractivity contribution in [2.75, 3.05) is 40.8 Å². The molecule has 0 aliphatic carbocycles. The van der Waals surface area contributed by atoms with E-state index in [1.165, 1.54) is 0 Å². The first-order valence-electron chi connectivity index (χ1n) is 9.70. The molecule has 7 heteroatoms. The van der Waals surface area contributed by atoms with Crippen LogP contribution >= 0.6 is 0 Å². The van der Waals surface area contributed by atoms with Crippen LogP contribution in [0.4, 0.5) is 0 Å². The van der Waals surface area contributed by atoms with Gasteiger partial charge in [-0.2, -0.15) is 5.10 Å². The zero-order chi connectivity index (χ0) is 20.1. The van der Waals surface area contributed by atoms with Crippen LogP contribution in [-0.4, -0.2) is 77.1 Å². The minimum absolute atomic E-state index is 0.104. The van der Waals surface area contributed by atoms with Crippen LogP contribution in [0.5, 0.6) is 0 Å². The molecule has 1 aliphatic heterocycles. The van der Waals surface area contributed by atoms with Gasteiger partial charge in [-0.05, 0) is 44.3 Å². The monoisotopic (exact) mass is 383 g/mol. The number of likely N-dealkylation sites (tertiary alicyclic amines) is 1. The van der Waals surface area contributed by atoms with Crippen molar-refractivity contribution in [3.63, 3.8) is 0 Å². The first-order valence-corrected chi connectivity index (χ1v) is 9.70. The number of carbonyl (C=O) groups is 2. The number of rotatable bonds is 7. The maximum absolute atomic E-state index is 13.0. The van der Waals surface area contributed by atoms with E-state index in [0.29, 0.717) is 32.5 Å². The van der Waals surface area contributed by atoms with Gasteiger partial charge in [-0.25, -0.2) is 4.68 Å². The Labute approximate surface area is 166 Å². The third-order valence-electron chi connectivity index (χ3n) is 5.14. The normalized spacial score (nSPS) is 17.2. The second-order valence-electron chi connectivity index (χ2n) is 7.69. The predicted molar refractivity (Wildman–Crippen MR) is 108 cm³/mol. The molecule has 0 bridgehead atoms. The summed E-state index contributed by atoms with van der Waals surface area (Å²) in [6.07, 6.45) is 4.73. The lowest BCUT2D eigenvalue weighted by Gasteiger charge is -2.34. The Hall–Kier alpha value is -2.67. The molecule has 0 spiro atoms. The van der Waals surface area contributed by atoms with Gasteiger partial charge in [0.1, 0.15) is 0 Å². The minimum atomic E-state index is -0.126. The summed E-state index contributed by atoms with van der Waals surface area (Å²) >= 11 is 0. The molecular weight excluding hydrogens is 354 g/mol. The van der Waals surface area contributed by atoms with Crippen LogP contribution in [-0.2, 0) is 16.1 Å². The molecule has 7 nitrogen and oxygen atoms in total. The van der Waals surface area contributed by atoms with E-state index in [2.05, 4.69) is 10.00 Å². The topological polar surface area (TPSA) is 61.7 Å². The molecule has 3 rings (SSSR count). The van der Waals surface area contributed by atoms with Gasteiger partial charge in [-0.1, -0.05) is 12.1 Å². The molecule has 150 valence electrons. The van der Waals surface area contributed by atoms with Gasteiger partial charge in [0, 0.05) is 52.0 Å². The highest BCUT2D eigenvalue weighted by atomic mass is 16.2. The Morgan fingerprint density at radius 2 is 2.07 bits per heavy atom. The molecule has 1 saturated heterocycles. The first-order chi connectivity index (χ1) is 13.4. The molecule has 0 radical (unpaired) electrons. The van der Waals surface area contributed by atoms with Gasteiger partial charge >= 0.3 is 0 Å². The quantitative estimate of drug-likeness (QED) is 0.729. The van der Waals surface area contributed by atoms with Crippen molar-refractivity contribution in [3.05, 3.63) is 48.3 Å². The van der Waals surface area contributed by atoms with Crippen molar-refractivity contribution in [3.8, 4) is 5.69 Å². The SMILES string of the molecule is CN(C)CCN1CC(C(=O)N(C)Cc2cccc(-n3cccn3)c2)CCC1=O. The number of hydrogen-bond donors (Lipinski definition) is 0. The second kappa shape index (κ2) is 9.01. The van der Waals surface area contributed by atoms with Crippen molar-refractivity contribution in [1.29, 1.82) is 0 Å². The van der Waals surface area contributed by atoms with E-state index < -0.39 is 0 Å². The largest absolute Gasteiger partial charge is 0.341 e. The van der Waals surface area contributed by atoms with Gasteiger partial charge in [0.15, 0.2) is 0 Å². The maximum Gasteiger partial charge on any atom is 0.227 e. The highest BCUT2D eigenvalue weighted by molar-refractivity contribution is 5.83. The summed E-state index contributed by atoms with van der Waals surface area (Å²) in [5, 5.41) is 4.26. The first kappa shape index (κ1) is 20.1. The van der Waals surface area contributed by atoms with Gasteiger partial charge in [0.05, 0.1) is 11.6 Å². The summed E-state index contributed by atoms with van der Waals surface area (Å²) in [5.41, 5.74) is 2.03. The number of likely N-dealkylation sites (N-methyl/N-ethyl adjacent to an activating group) is 1. The van der Waals surface area contributed by atoms with Crippen molar-refractivity contribution < 1.29 is 9.59 Å². The van der Waals surface area contributed by atoms with E-state index >= 15 is 0 Å². The van der Waals surface area contributed by atoms with Crippen LogP contribution in [0.2, 0.25) is 0 Å². The molecule has 1 aromatic carbocycles. The summed E-state index contributed by atoms with van der Waals surface area (Å²) in [5.74, 6) is 0.131. The Morgan fingerprint density at radius 1 is 1.25 bits per heavy atom. The number of hydrogen-bond acceptors (Lipinski definition) is 4. The van der Waals surface area contributed by atoms with Crippen LogP contribution in [0.3, 0.4) is 0 Å². The Kier molecular flexibility index (Phi) is 6.46. The Morgan fingerprint density at radius 3 is 2.79 bits per heavy atom. The van der Waals surface area contributed by atoms with Crippen LogP contribution in [0.15, 0.2) is 42.7 Å². The molecular formula is C21H29N5O2. The van der Waals surface area contributed by atoms with Gasteiger partial charge < -0.3 is 14.7 Å². The Bertz CT molecular complexity index is 803. The average Bonchev–Trinajstić information content (AvgIpc) is 3.22. The van der Waals surface area contributed by atoms with Crippen LogP contribution in [0, 0.1) is 5.92 Å². The van der Waals surface area contributed by atoms with Crippen molar-refractivity contribution in [2.45, 2.75) is 19.4 Å². The number of benzene rings is 1. The highest BCUT2D eigenvalue weighted by Gasteiger charge is 2.31. The summed E-state index contributed by atoms with van der Waals surface area (Å²) in [7, 11) is 5.81. The predicted octanol–water partition coefficient (Wildman–Crippen LogP) is 1.63. The van der Waals surface area contributed by atoms with Crippen LogP contribution in [0.1, 0.15) is 18.4 Å². The average molecular weight is 383 g/mol. The zero-order valence-corrected chi connectivity index (χ0v) is 16.9. The summed E-state index contributed by atoms with van der Waals surface area (Å²) in [6.45, 7) is 2.53.